The lowest BCUT2D eigenvalue weighted by molar-refractivity contribution is 0.171. The van der Waals surface area contributed by atoms with E-state index in [1.54, 1.807) is 0 Å². The van der Waals surface area contributed by atoms with Crippen LogP contribution in [0.2, 0.25) is 0 Å². The topological polar surface area (TPSA) is 35.5 Å². The number of rotatable bonds is 17. The Morgan fingerprint density at radius 3 is 1.58 bits per heavy atom. The van der Waals surface area contributed by atoms with Crippen molar-refractivity contribution in [3.63, 3.8) is 0 Å². The molecule has 0 N–H and O–H groups in total. The van der Waals surface area contributed by atoms with Gasteiger partial charge in [-0.2, -0.15) is 0 Å². The lowest BCUT2D eigenvalue weighted by Gasteiger charge is -2.33. The third-order valence-electron chi connectivity index (χ3n) is 6.30. The summed E-state index contributed by atoms with van der Waals surface area (Å²) in [5, 5.41) is -0.534. The zero-order valence-corrected chi connectivity index (χ0v) is 22.2. The molecule has 3 nitrogen and oxygen atoms in total. The smallest absolute Gasteiger partial charge is 0.303 e. The largest absolute Gasteiger partial charge is 0.336 e. The summed E-state index contributed by atoms with van der Waals surface area (Å²) in [5.41, 5.74) is 2.02. The molecule has 184 valence electrons. The highest BCUT2D eigenvalue weighted by Gasteiger charge is 2.43. The van der Waals surface area contributed by atoms with E-state index in [1.165, 1.54) is 44.9 Å². The van der Waals surface area contributed by atoms with Crippen molar-refractivity contribution < 1.29 is 13.6 Å². The van der Waals surface area contributed by atoms with Crippen LogP contribution in [0.5, 0.6) is 0 Å². The number of hydrogen-bond donors (Lipinski definition) is 0. The van der Waals surface area contributed by atoms with Crippen LogP contribution >= 0.6 is 7.60 Å². The maximum absolute atomic E-state index is 14.0. The first kappa shape index (κ1) is 27.8. The molecule has 0 bridgehead atoms. The van der Waals surface area contributed by atoms with Gasteiger partial charge in [-0.1, -0.05) is 126 Å². The molecule has 33 heavy (non-hydrogen) atoms. The van der Waals surface area contributed by atoms with E-state index < -0.39 is 12.8 Å². The molecule has 0 saturated heterocycles. The van der Waals surface area contributed by atoms with Gasteiger partial charge in [0.15, 0.2) is 0 Å². The van der Waals surface area contributed by atoms with Gasteiger partial charge in [0.25, 0.3) is 0 Å². The average molecular weight is 473 g/mol. The average Bonchev–Trinajstić information content (AvgIpc) is 2.81. The summed E-state index contributed by atoms with van der Waals surface area (Å²) >= 11 is 0. The molecule has 0 aliphatic heterocycles. The fourth-order valence-electron chi connectivity index (χ4n) is 3.99. The molecule has 0 aliphatic carbocycles. The van der Waals surface area contributed by atoms with E-state index >= 15 is 0 Å². The highest BCUT2D eigenvalue weighted by molar-refractivity contribution is 7.55. The van der Waals surface area contributed by atoms with Crippen molar-refractivity contribution in [2.24, 2.45) is 5.92 Å². The summed E-state index contributed by atoms with van der Waals surface area (Å²) in [6.07, 6.45) is 11.0. The Kier molecular flexibility index (Phi) is 12.5. The van der Waals surface area contributed by atoms with Crippen LogP contribution < -0.4 is 0 Å². The minimum absolute atomic E-state index is 0.298. The number of unbranched alkanes of at least 4 members (excludes halogenated alkanes) is 6. The van der Waals surface area contributed by atoms with Crippen molar-refractivity contribution in [2.45, 2.75) is 104 Å². The summed E-state index contributed by atoms with van der Waals surface area (Å²) < 4.78 is 26.2. The van der Waals surface area contributed by atoms with Crippen LogP contribution in [0.4, 0.5) is 0 Å². The monoisotopic (exact) mass is 472 g/mol. The van der Waals surface area contributed by atoms with Crippen LogP contribution in [0, 0.1) is 5.92 Å². The molecule has 2 rings (SSSR count). The van der Waals surface area contributed by atoms with Crippen LogP contribution in [-0.2, 0) is 26.8 Å². The van der Waals surface area contributed by atoms with Crippen LogP contribution in [0.25, 0.3) is 0 Å². The highest BCUT2D eigenvalue weighted by Crippen LogP contribution is 2.62. The summed E-state index contributed by atoms with van der Waals surface area (Å²) in [6.45, 7) is 9.27. The molecule has 0 atom stereocenters. The van der Waals surface area contributed by atoms with E-state index in [0.717, 1.165) is 29.9 Å². The van der Waals surface area contributed by atoms with E-state index in [9.17, 15) is 4.57 Å². The van der Waals surface area contributed by atoms with Crippen molar-refractivity contribution in [3.8, 4) is 0 Å². The zero-order chi connectivity index (χ0) is 24.0. The van der Waals surface area contributed by atoms with E-state index in [2.05, 4.69) is 13.8 Å². The van der Waals surface area contributed by atoms with Crippen molar-refractivity contribution >= 4 is 7.60 Å². The van der Waals surface area contributed by atoms with E-state index in [4.69, 9.17) is 9.05 Å². The minimum atomic E-state index is -3.33. The highest BCUT2D eigenvalue weighted by atomic mass is 31.2. The molecule has 0 aromatic heterocycles. The van der Waals surface area contributed by atoms with Gasteiger partial charge >= 0.3 is 7.60 Å². The summed E-state index contributed by atoms with van der Waals surface area (Å²) in [6, 6.07) is 19.8. The summed E-state index contributed by atoms with van der Waals surface area (Å²) in [7, 11) is -3.33. The summed E-state index contributed by atoms with van der Waals surface area (Å²) in [4.78, 5) is 0. The molecule has 0 amide bonds. The second-order valence-corrected chi connectivity index (χ2v) is 13.0. The van der Waals surface area contributed by atoms with Gasteiger partial charge in [0.05, 0.1) is 18.4 Å². The third kappa shape index (κ3) is 10.6. The van der Waals surface area contributed by atoms with Gasteiger partial charge in [0.1, 0.15) is 0 Å². The van der Waals surface area contributed by atoms with Crippen LogP contribution in [0.1, 0.15) is 96.6 Å². The fraction of sp³-hybridized carbons (Fsp3) is 0.586. The van der Waals surface area contributed by atoms with Crippen molar-refractivity contribution in [1.82, 2.24) is 0 Å². The predicted molar refractivity (Wildman–Crippen MR) is 141 cm³/mol. The molecule has 2 aromatic carbocycles. The van der Waals surface area contributed by atoms with Gasteiger partial charge in [-0.15, -0.1) is 0 Å². The predicted octanol–water partition coefficient (Wildman–Crippen LogP) is 9.56. The van der Waals surface area contributed by atoms with E-state index in [-0.39, 0.29) is 0 Å². The Balaban J connectivity index is 1.86. The van der Waals surface area contributed by atoms with Crippen LogP contribution in [0.15, 0.2) is 60.7 Å². The van der Waals surface area contributed by atoms with Crippen molar-refractivity contribution in [1.29, 1.82) is 0 Å². The number of benzene rings is 2. The quantitative estimate of drug-likeness (QED) is 0.170. The maximum Gasteiger partial charge on any atom is 0.336 e. The number of hydrogen-bond acceptors (Lipinski definition) is 3. The Morgan fingerprint density at radius 1 is 0.697 bits per heavy atom. The van der Waals surface area contributed by atoms with E-state index in [0.29, 0.717) is 13.2 Å². The van der Waals surface area contributed by atoms with Crippen LogP contribution in [0.3, 0.4) is 0 Å². The van der Waals surface area contributed by atoms with Gasteiger partial charge < -0.3 is 9.05 Å². The summed E-state index contributed by atoms with van der Waals surface area (Å²) in [5.74, 6) is 0.816. The molecular formula is C29H45O3P. The van der Waals surface area contributed by atoms with Gasteiger partial charge in [-0.3, -0.25) is 4.57 Å². The molecule has 0 aliphatic rings. The van der Waals surface area contributed by atoms with Gasteiger partial charge in [-0.05, 0) is 37.3 Å². The maximum atomic E-state index is 14.0. The molecule has 0 radical (unpaired) electrons. The first-order valence-electron chi connectivity index (χ1n) is 12.8. The second kappa shape index (κ2) is 14.8. The molecule has 0 saturated carbocycles. The van der Waals surface area contributed by atoms with Crippen molar-refractivity contribution in [2.75, 3.05) is 0 Å². The lowest BCUT2D eigenvalue weighted by Crippen LogP contribution is -2.23. The normalized spacial score (nSPS) is 12.4. The van der Waals surface area contributed by atoms with Gasteiger partial charge in [0.2, 0.25) is 0 Å². The molecule has 2 aromatic rings. The Labute approximate surface area is 202 Å². The third-order valence-corrected chi connectivity index (χ3v) is 8.94. The molecular weight excluding hydrogens is 427 g/mol. The fourth-order valence-corrected chi connectivity index (χ4v) is 5.83. The molecule has 0 spiro atoms. The molecule has 0 unspecified atom stereocenters. The molecule has 0 heterocycles. The minimum Gasteiger partial charge on any atom is -0.303 e. The van der Waals surface area contributed by atoms with Gasteiger partial charge in [0, 0.05) is 0 Å². The lowest BCUT2D eigenvalue weighted by atomic mass is 10.0. The first-order valence-corrected chi connectivity index (χ1v) is 14.3. The Hall–Kier alpha value is -1.41. The zero-order valence-electron chi connectivity index (χ0n) is 21.3. The first-order chi connectivity index (χ1) is 15.8. The van der Waals surface area contributed by atoms with E-state index in [1.807, 2.05) is 74.5 Å². The SMILES string of the molecule is CC(C)CCCCCCCCCC(C)(C)P(=O)(OCc1ccccc1)OCc1ccccc1. The van der Waals surface area contributed by atoms with Crippen molar-refractivity contribution in [3.05, 3.63) is 71.8 Å². The standard InChI is InChI=1S/C29H45O3P/c1-26(2)18-12-8-6-5-7-9-17-23-29(3,4)33(30,31-24-27-19-13-10-14-20-27)32-25-28-21-15-11-16-22-28/h10-11,13-16,19-22,26H,5-9,12,17-18,23-25H2,1-4H3. The second-order valence-electron chi connectivity index (χ2n) is 10.2. The van der Waals surface area contributed by atoms with Crippen LogP contribution in [-0.4, -0.2) is 5.16 Å². The molecule has 0 fully saturated rings. The molecule has 4 heteroatoms. The van der Waals surface area contributed by atoms with Gasteiger partial charge in [-0.25, -0.2) is 0 Å². The Morgan fingerprint density at radius 2 is 1.12 bits per heavy atom. The Bertz CT molecular complexity index is 755.